The molecule has 5 heteroatoms. The third kappa shape index (κ3) is 2.50. The average molecular weight is 297 g/mol. The lowest BCUT2D eigenvalue weighted by Crippen LogP contribution is -2.36. The van der Waals surface area contributed by atoms with E-state index in [1.165, 1.54) is 5.56 Å². The number of ether oxygens (including phenoxy) is 1. The molecule has 3 unspecified atom stereocenters. The summed E-state index contributed by atoms with van der Waals surface area (Å²) in [6, 6.07) is 8.06. The summed E-state index contributed by atoms with van der Waals surface area (Å²) in [4.78, 5) is 0. The van der Waals surface area contributed by atoms with Gasteiger partial charge in [-0.25, -0.2) is 8.42 Å². The maximum Gasteiger partial charge on any atom is 0.155 e. The van der Waals surface area contributed by atoms with E-state index in [0.717, 1.165) is 12.0 Å². The zero-order valence-electron chi connectivity index (χ0n) is 12.3. The van der Waals surface area contributed by atoms with Crippen molar-refractivity contribution in [1.29, 1.82) is 0 Å². The number of hydrogen-bond donors (Lipinski definition) is 1. The lowest BCUT2D eigenvalue weighted by Gasteiger charge is -2.10. The van der Waals surface area contributed by atoms with Gasteiger partial charge in [0, 0.05) is 18.8 Å². The molecule has 112 valence electrons. The second-order valence-corrected chi connectivity index (χ2v) is 7.90. The molecular formula is C15H23NO3S. The Bertz CT molecular complexity index is 567. The number of aryl methyl sites for hydroxylation is 1. The van der Waals surface area contributed by atoms with Gasteiger partial charge in [0.1, 0.15) is 0 Å². The van der Waals surface area contributed by atoms with Crippen LogP contribution in [0.4, 0.5) is 0 Å². The van der Waals surface area contributed by atoms with Crippen molar-refractivity contribution >= 4 is 9.84 Å². The fraction of sp³-hybridized carbons (Fsp3) is 0.600. The summed E-state index contributed by atoms with van der Waals surface area (Å²) in [7, 11) is -1.62. The lowest BCUT2D eigenvalue weighted by atomic mass is 10.0. The molecule has 3 atom stereocenters. The Labute approximate surface area is 121 Å². The van der Waals surface area contributed by atoms with E-state index in [-0.39, 0.29) is 18.3 Å². The summed E-state index contributed by atoms with van der Waals surface area (Å²) in [5.74, 6) is -0.0533. The van der Waals surface area contributed by atoms with Gasteiger partial charge in [-0.1, -0.05) is 38.1 Å². The van der Waals surface area contributed by atoms with E-state index in [2.05, 4.69) is 6.92 Å². The third-order valence-corrected chi connectivity index (χ3v) is 6.52. The highest BCUT2D eigenvalue weighted by Crippen LogP contribution is 2.54. The van der Waals surface area contributed by atoms with Crippen LogP contribution in [0.2, 0.25) is 0 Å². The maximum absolute atomic E-state index is 12.2. The van der Waals surface area contributed by atoms with Gasteiger partial charge in [0.15, 0.2) is 9.84 Å². The van der Waals surface area contributed by atoms with Crippen LogP contribution in [0.15, 0.2) is 24.3 Å². The van der Waals surface area contributed by atoms with Gasteiger partial charge >= 0.3 is 0 Å². The van der Waals surface area contributed by atoms with Crippen LogP contribution in [0.3, 0.4) is 0 Å². The van der Waals surface area contributed by atoms with Crippen LogP contribution < -0.4 is 5.73 Å². The van der Waals surface area contributed by atoms with E-state index >= 15 is 0 Å². The molecule has 2 N–H and O–H groups in total. The number of nitrogens with two attached hydrogens (primary N) is 1. The van der Waals surface area contributed by atoms with Crippen LogP contribution in [0.25, 0.3) is 0 Å². The largest absolute Gasteiger partial charge is 0.383 e. The third-order valence-electron chi connectivity index (χ3n) is 4.23. The normalized spacial score (nSPS) is 29.4. The van der Waals surface area contributed by atoms with Crippen molar-refractivity contribution in [2.75, 3.05) is 19.5 Å². The van der Waals surface area contributed by atoms with Gasteiger partial charge < -0.3 is 10.5 Å². The summed E-state index contributed by atoms with van der Waals surface area (Å²) in [6.07, 6.45) is 0.966. The van der Waals surface area contributed by atoms with Gasteiger partial charge in [-0.05, 0) is 17.5 Å². The smallest absolute Gasteiger partial charge is 0.155 e. The van der Waals surface area contributed by atoms with E-state index in [9.17, 15) is 8.42 Å². The van der Waals surface area contributed by atoms with Gasteiger partial charge in [0.25, 0.3) is 0 Å². The van der Waals surface area contributed by atoms with Gasteiger partial charge in [-0.3, -0.25) is 0 Å². The zero-order chi connectivity index (χ0) is 15.0. The van der Waals surface area contributed by atoms with Crippen molar-refractivity contribution in [2.24, 2.45) is 5.73 Å². The summed E-state index contributed by atoms with van der Waals surface area (Å²) in [5, 5.41) is -0.535. The average Bonchev–Trinajstić information content (AvgIpc) is 3.06. The minimum Gasteiger partial charge on any atom is -0.383 e. The SMILES string of the molecule is CCc1ccc(C2C(S(=O)(=O)CC)C2(N)COC)cc1. The minimum atomic E-state index is -3.17. The Balaban J connectivity index is 2.33. The van der Waals surface area contributed by atoms with Crippen LogP contribution in [-0.4, -0.2) is 38.7 Å². The van der Waals surface area contributed by atoms with Gasteiger partial charge in [-0.15, -0.1) is 0 Å². The fourth-order valence-corrected chi connectivity index (χ4v) is 5.00. The second-order valence-electron chi connectivity index (χ2n) is 5.49. The van der Waals surface area contributed by atoms with Crippen LogP contribution in [0, 0.1) is 0 Å². The Hall–Kier alpha value is -0.910. The first-order valence-corrected chi connectivity index (χ1v) is 8.70. The molecule has 0 aliphatic heterocycles. The molecule has 0 spiro atoms. The molecule has 0 aromatic heterocycles. The molecule has 0 amide bonds. The molecule has 0 saturated heterocycles. The van der Waals surface area contributed by atoms with Gasteiger partial charge in [0.2, 0.25) is 0 Å². The molecule has 1 saturated carbocycles. The Morgan fingerprint density at radius 3 is 2.30 bits per heavy atom. The lowest BCUT2D eigenvalue weighted by molar-refractivity contribution is 0.171. The van der Waals surface area contributed by atoms with Crippen molar-refractivity contribution in [3.63, 3.8) is 0 Å². The molecule has 2 rings (SSSR count). The summed E-state index contributed by atoms with van der Waals surface area (Å²) in [6.45, 7) is 4.02. The van der Waals surface area contributed by atoms with Crippen molar-refractivity contribution in [1.82, 2.24) is 0 Å². The molecule has 0 bridgehead atoms. The molecule has 1 aliphatic rings. The Morgan fingerprint density at radius 2 is 1.85 bits per heavy atom. The van der Waals surface area contributed by atoms with Crippen LogP contribution in [-0.2, 0) is 21.0 Å². The van der Waals surface area contributed by atoms with Crippen molar-refractivity contribution in [3.8, 4) is 0 Å². The first kappa shape index (κ1) is 15.5. The molecule has 4 nitrogen and oxygen atoms in total. The number of hydrogen-bond acceptors (Lipinski definition) is 4. The molecule has 1 aromatic rings. The number of sulfone groups is 1. The van der Waals surface area contributed by atoms with E-state index in [1.807, 2.05) is 24.3 Å². The highest BCUT2D eigenvalue weighted by Gasteiger charge is 2.68. The van der Waals surface area contributed by atoms with Crippen LogP contribution >= 0.6 is 0 Å². The molecule has 1 aliphatic carbocycles. The Morgan fingerprint density at radius 1 is 1.25 bits per heavy atom. The minimum absolute atomic E-state index is 0.115. The molecule has 0 radical (unpaired) electrons. The summed E-state index contributed by atoms with van der Waals surface area (Å²) >= 11 is 0. The molecular weight excluding hydrogens is 274 g/mol. The van der Waals surface area contributed by atoms with Gasteiger partial charge in [0.05, 0.1) is 17.4 Å². The molecule has 1 aromatic carbocycles. The Kier molecular flexibility index (Phi) is 4.23. The van der Waals surface area contributed by atoms with Crippen LogP contribution in [0.5, 0.6) is 0 Å². The van der Waals surface area contributed by atoms with Crippen LogP contribution in [0.1, 0.15) is 30.9 Å². The van der Waals surface area contributed by atoms with E-state index in [4.69, 9.17) is 10.5 Å². The quantitative estimate of drug-likeness (QED) is 0.864. The fourth-order valence-electron chi connectivity index (χ4n) is 3.01. The predicted molar refractivity (Wildman–Crippen MR) is 80.6 cm³/mol. The highest BCUT2D eigenvalue weighted by atomic mass is 32.2. The maximum atomic E-state index is 12.2. The topological polar surface area (TPSA) is 69.4 Å². The number of methoxy groups -OCH3 is 1. The number of benzene rings is 1. The number of rotatable bonds is 6. The first-order valence-electron chi connectivity index (χ1n) is 6.99. The molecule has 1 fully saturated rings. The van der Waals surface area contributed by atoms with E-state index < -0.39 is 20.6 Å². The summed E-state index contributed by atoms with van der Waals surface area (Å²) in [5.41, 5.74) is 7.74. The second kappa shape index (κ2) is 5.47. The van der Waals surface area contributed by atoms with E-state index in [1.54, 1.807) is 14.0 Å². The predicted octanol–water partition coefficient (Wildman–Crippen LogP) is 1.49. The van der Waals surface area contributed by atoms with Crippen molar-refractivity contribution in [3.05, 3.63) is 35.4 Å². The van der Waals surface area contributed by atoms with Crippen molar-refractivity contribution < 1.29 is 13.2 Å². The van der Waals surface area contributed by atoms with E-state index in [0.29, 0.717) is 0 Å². The van der Waals surface area contributed by atoms with Crippen molar-refractivity contribution in [2.45, 2.75) is 37.0 Å². The standard InChI is InChI=1S/C15H23NO3S/c1-4-11-6-8-12(9-7-11)13-14(20(17,18)5-2)15(13,16)10-19-3/h6-9,13-14H,4-5,10,16H2,1-3H3. The summed E-state index contributed by atoms with van der Waals surface area (Å²) < 4.78 is 29.6. The first-order chi connectivity index (χ1) is 9.40. The highest BCUT2D eigenvalue weighted by molar-refractivity contribution is 7.92. The molecule has 0 heterocycles. The van der Waals surface area contributed by atoms with Gasteiger partial charge in [-0.2, -0.15) is 0 Å². The monoisotopic (exact) mass is 297 g/mol. The zero-order valence-corrected chi connectivity index (χ0v) is 13.1. The molecule has 20 heavy (non-hydrogen) atoms.